The summed E-state index contributed by atoms with van der Waals surface area (Å²) >= 11 is 0. The lowest BCUT2D eigenvalue weighted by atomic mass is 9.97. The second-order valence-corrected chi connectivity index (χ2v) is 3.22. The van der Waals surface area contributed by atoms with Gasteiger partial charge >= 0.3 is 6.03 Å². The van der Waals surface area contributed by atoms with Crippen molar-refractivity contribution in [2.75, 3.05) is 26.7 Å². The van der Waals surface area contributed by atoms with Gasteiger partial charge in [0.1, 0.15) is 0 Å². The van der Waals surface area contributed by atoms with E-state index in [-0.39, 0.29) is 18.4 Å². The third-order valence-electron chi connectivity index (χ3n) is 2.45. The molecule has 1 rings (SSSR count). The number of carbonyl (C=O) groups is 1. The van der Waals surface area contributed by atoms with Gasteiger partial charge in [-0.1, -0.05) is 0 Å². The van der Waals surface area contributed by atoms with Crippen LogP contribution in [-0.4, -0.2) is 37.6 Å². The maximum absolute atomic E-state index is 11.1. The largest absolute Gasteiger partial charge is 0.341 e. The van der Waals surface area contributed by atoms with Crippen molar-refractivity contribution in [3.8, 4) is 0 Å². The Hall–Kier alpha value is -0.480. The average Bonchev–Trinajstić information content (AvgIpc) is 2.17. The monoisotopic (exact) mass is 207 g/mol. The molecule has 1 fully saturated rings. The van der Waals surface area contributed by atoms with Crippen LogP contribution in [0.15, 0.2) is 0 Å². The maximum Gasteiger partial charge on any atom is 0.317 e. The van der Waals surface area contributed by atoms with E-state index in [4.69, 9.17) is 5.73 Å². The number of amides is 2. The topological polar surface area (TPSA) is 58.4 Å². The fourth-order valence-corrected chi connectivity index (χ4v) is 1.53. The summed E-state index contributed by atoms with van der Waals surface area (Å²) in [5, 5.41) is 2.62. The summed E-state index contributed by atoms with van der Waals surface area (Å²) < 4.78 is 0. The molecule has 0 aliphatic carbocycles. The normalized spacial score (nSPS) is 17.8. The Kier molecular flexibility index (Phi) is 5.82. The zero-order valence-electron chi connectivity index (χ0n) is 7.95. The Labute approximate surface area is 85.3 Å². The molecule has 0 aromatic carbocycles. The molecular weight excluding hydrogens is 190 g/mol. The lowest BCUT2D eigenvalue weighted by Crippen LogP contribution is -2.44. The first-order valence-electron chi connectivity index (χ1n) is 4.44. The van der Waals surface area contributed by atoms with Crippen molar-refractivity contribution in [1.29, 1.82) is 0 Å². The second kappa shape index (κ2) is 6.05. The number of nitrogens with one attached hydrogen (secondary N) is 1. The van der Waals surface area contributed by atoms with Crippen LogP contribution >= 0.6 is 12.4 Å². The third-order valence-corrected chi connectivity index (χ3v) is 2.45. The zero-order valence-corrected chi connectivity index (χ0v) is 8.77. The summed E-state index contributed by atoms with van der Waals surface area (Å²) in [6.45, 7) is 2.45. The number of nitrogens with zero attached hydrogens (tertiary/aromatic N) is 1. The molecule has 0 radical (unpaired) electrons. The summed E-state index contributed by atoms with van der Waals surface area (Å²) in [6.07, 6.45) is 2.09. The van der Waals surface area contributed by atoms with E-state index in [1.54, 1.807) is 7.05 Å². The number of rotatable bonds is 1. The smallest absolute Gasteiger partial charge is 0.317 e. The van der Waals surface area contributed by atoms with Crippen LogP contribution in [0.4, 0.5) is 4.79 Å². The number of piperidine rings is 1. The van der Waals surface area contributed by atoms with E-state index < -0.39 is 0 Å². The molecule has 0 bridgehead atoms. The molecule has 13 heavy (non-hydrogen) atoms. The van der Waals surface area contributed by atoms with Crippen molar-refractivity contribution in [1.82, 2.24) is 10.2 Å². The van der Waals surface area contributed by atoms with Crippen LogP contribution in [0.3, 0.4) is 0 Å². The van der Waals surface area contributed by atoms with Crippen LogP contribution in [0.5, 0.6) is 0 Å². The van der Waals surface area contributed by atoms with Gasteiger partial charge in [-0.2, -0.15) is 0 Å². The Balaban J connectivity index is 0.00000144. The minimum atomic E-state index is 0. The molecule has 1 aliphatic rings. The van der Waals surface area contributed by atoms with Gasteiger partial charge in [0.15, 0.2) is 0 Å². The average molecular weight is 208 g/mol. The molecule has 78 valence electrons. The lowest BCUT2D eigenvalue weighted by Gasteiger charge is -2.30. The first kappa shape index (κ1) is 12.5. The third kappa shape index (κ3) is 3.40. The number of likely N-dealkylation sites (tertiary alicyclic amines) is 1. The summed E-state index contributed by atoms with van der Waals surface area (Å²) in [4.78, 5) is 13.0. The first-order chi connectivity index (χ1) is 5.77. The second-order valence-electron chi connectivity index (χ2n) is 3.22. The molecule has 0 atom stereocenters. The Morgan fingerprint density at radius 2 is 2.08 bits per heavy atom. The number of halogens is 1. The number of nitrogens with two attached hydrogens (primary N) is 1. The summed E-state index contributed by atoms with van der Waals surface area (Å²) in [5.74, 6) is 0.617. The molecule has 0 aromatic rings. The van der Waals surface area contributed by atoms with Crippen LogP contribution < -0.4 is 11.1 Å². The van der Waals surface area contributed by atoms with Crippen molar-refractivity contribution in [2.24, 2.45) is 11.7 Å². The Bertz CT molecular complexity index is 157. The van der Waals surface area contributed by atoms with E-state index in [1.165, 1.54) is 0 Å². The van der Waals surface area contributed by atoms with Crippen molar-refractivity contribution < 1.29 is 4.79 Å². The van der Waals surface area contributed by atoms with E-state index in [9.17, 15) is 4.79 Å². The van der Waals surface area contributed by atoms with E-state index in [2.05, 4.69) is 5.32 Å². The van der Waals surface area contributed by atoms with Gasteiger partial charge in [-0.05, 0) is 25.3 Å². The lowest BCUT2D eigenvalue weighted by molar-refractivity contribution is 0.174. The highest BCUT2D eigenvalue weighted by Crippen LogP contribution is 2.15. The predicted octanol–water partition coefficient (Wildman–Crippen LogP) is 0.418. The van der Waals surface area contributed by atoms with Gasteiger partial charge in [0.25, 0.3) is 0 Å². The molecule has 4 nitrogen and oxygen atoms in total. The van der Waals surface area contributed by atoms with Crippen molar-refractivity contribution >= 4 is 18.4 Å². The summed E-state index contributed by atoms with van der Waals surface area (Å²) in [6, 6.07) is 0.0328. The molecule has 0 unspecified atom stereocenters. The minimum absolute atomic E-state index is 0. The number of carbonyl (C=O) groups excluding carboxylic acids is 1. The molecule has 1 heterocycles. The van der Waals surface area contributed by atoms with Crippen LogP contribution in [0.25, 0.3) is 0 Å². The molecule has 3 N–H and O–H groups in total. The van der Waals surface area contributed by atoms with Crippen molar-refractivity contribution in [3.05, 3.63) is 0 Å². The van der Waals surface area contributed by atoms with Crippen molar-refractivity contribution in [3.63, 3.8) is 0 Å². The Morgan fingerprint density at radius 1 is 1.54 bits per heavy atom. The molecule has 2 amide bonds. The van der Waals surface area contributed by atoms with E-state index in [0.717, 1.165) is 32.5 Å². The van der Waals surface area contributed by atoms with Crippen molar-refractivity contribution in [2.45, 2.75) is 12.8 Å². The van der Waals surface area contributed by atoms with E-state index in [1.807, 2.05) is 4.90 Å². The van der Waals surface area contributed by atoms with Crippen LogP contribution in [0.2, 0.25) is 0 Å². The summed E-state index contributed by atoms with van der Waals surface area (Å²) in [7, 11) is 1.66. The van der Waals surface area contributed by atoms with E-state index in [0.29, 0.717) is 5.92 Å². The molecule has 0 spiro atoms. The molecule has 0 aromatic heterocycles. The highest BCUT2D eigenvalue weighted by Gasteiger charge is 2.20. The van der Waals surface area contributed by atoms with Crippen LogP contribution in [0, 0.1) is 5.92 Å². The predicted molar refractivity (Wildman–Crippen MR) is 55.1 cm³/mol. The fraction of sp³-hybridized carbons (Fsp3) is 0.875. The molecule has 1 aliphatic heterocycles. The highest BCUT2D eigenvalue weighted by atomic mass is 35.5. The number of hydrogen-bond donors (Lipinski definition) is 2. The Morgan fingerprint density at radius 3 is 2.46 bits per heavy atom. The van der Waals surface area contributed by atoms with Gasteiger partial charge in [-0.3, -0.25) is 0 Å². The number of hydrogen-bond acceptors (Lipinski definition) is 2. The first-order valence-corrected chi connectivity index (χ1v) is 4.44. The highest BCUT2D eigenvalue weighted by molar-refractivity contribution is 5.85. The minimum Gasteiger partial charge on any atom is -0.341 e. The van der Waals surface area contributed by atoms with E-state index >= 15 is 0 Å². The fourth-order valence-electron chi connectivity index (χ4n) is 1.53. The zero-order chi connectivity index (χ0) is 8.97. The molecule has 1 saturated heterocycles. The maximum atomic E-state index is 11.1. The quantitative estimate of drug-likeness (QED) is 0.655. The standard InChI is InChI=1S/C8H17N3O.ClH/c1-10-8(12)11-4-2-7(6-9)3-5-11;/h7H,2-6,9H2,1H3,(H,10,12);1H. The SMILES string of the molecule is CNC(=O)N1CCC(CN)CC1.Cl. The van der Waals surface area contributed by atoms with Gasteiger partial charge in [-0.25, -0.2) is 4.79 Å². The molecule has 5 heteroatoms. The van der Waals surface area contributed by atoms with Gasteiger partial charge in [0.05, 0.1) is 0 Å². The number of urea groups is 1. The van der Waals surface area contributed by atoms with Crippen LogP contribution in [-0.2, 0) is 0 Å². The van der Waals surface area contributed by atoms with Gasteiger partial charge in [-0.15, -0.1) is 12.4 Å². The summed E-state index contributed by atoms with van der Waals surface area (Å²) in [5.41, 5.74) is 5.54. The molecular formula is C8H18ClN3O. The van der Waals surface area contributed by atoms with Gasteiger partial charge in [0.2, 0.25) is 0 Å². The van der Waals surface area contributed by atoms with Crippen LogP contribution in [0.1, 0.15) is 12.8 Å². The van der Waals surface area contributed by atoms with Gasteiger partial charge < -0.3 is 16.0 Å². The van der Waals surface area contributed by atoms with Gasteiger partial charge in [0, 0.05) is 20.1 Å². The molecule has 0 saturated carbocycles.